The van der Waals surface area contributed by atoms with E-state index in [9.17, 15) is 0 Å². The van der Waals surface area contributed by atoms with E-state index >= 15 is 0 Å². The van der Waals surface area contributed by atoms with E-state index in [0.717, 1.165) is 44.6 Å². The summed E-state index contributed by atoms with van der Waals surface area (Å²) in [5.74, 6) is 1.82. The quantitative estimate of drug-likeness (QED) is 0.342. The molecule has 1 aliphatic carbocycles. The molecule has 0 saturated heterocycles. The van der Waals surface area contributed by atoms with Crippen LogP contribution in [0.3, 0.4) is 0 Å². The number of nitrogens with zero attached hydrogens (tertiary/aromatic N) is 2. The van der Waals surface area contributed by atoms with Crippen molar-refractivity contribution in [2.24, 2.45) is 10.9 Å². The van der Waals surface area contributed by atoms with Crippen LogP contribution in [0.4, 0.5) is 0 Å². The lowest BCUT2D eigenvalue weighted by Crippen LogP contribution is -2.39. The number of halogens is 1. The van der Waals surface area contributed by atoms with Gasteiger partial charge < -0.3 is 10.6 Å². The molecule has 1 saturated carbocycles. The fourth-order valence-corrected chi connectivity index (χ4v) is 3.35. The number of aliphatic imine (C=N–C) groups is 1. The molecule has 6 heteroatoms. The Balaban J connectivity index is 0.00000264. The van der Waals surface area contributed by atoms with Gasteiger partial charge in [0.15, 0.2) is 5.96 Å². The van der Waals surface area contributed by atoms with Crippen molar-refractivity contribution in [3.05, 3.63) is 22.4 Å². The van der Waals surface area contributed by atoms with E-state index in [4.69, 9.17) is 4.99 Å². The first-order valence-electron chi connectivity index (χ1n) is 8.56. The first-order chi connectivity index (χ1) is 10.8. The smallest absolute Gasteiger partial charge is 0.191 e. The van der Waals surface area contributed by atoms with Crippen LogP contribution < -0.4 is 10.6 Å². The van der Waals surface area contributed by atoms with Crippen molar-refractivity contribution in [1.82, 2.24) is 15.5 Å². The lowest BCUT2D eigenvalue weighted by atomic mass is 10.1. The second kappa shape index (κ2) is 11.3. The topological polar surface area (TPSA) is 39.7 Å². The molecule has 1 unspecified atom stereocenters. The first-order valence-corrected chi connectivity index (χ1v) is 9.51. The van der Waals surface area contributed by atoms with Crippen LogP contribution in [0.5, 0.6) is 0 Å². The van der Waals surface area contributed by atoms with Gasteiger partial charge in [-0.05, 0) is 61.2 Å². The molecule has 1 aliphatic rings. The normalized spacial score (nSPS) is 16.1. The van der Waals surface area contributed by atoms with Crippen molar-refractivity contribution in [2.75, 3.05) is 32.7 Å². The minimum atomic E-state index is 0. The molecule has 0 radical (unpaired) electrons. The average molecular weight is 450 g/mol. The Morgan fingerprint density at radius 1 is 1.30 bits per heavy atom. The summed E-state index contributed by atoms with van der Waals surface area (Å²) in [7, 11) is 0. The molecule has 0 amide bonds. The van der Waals surface area contributed by atoms with Crippen molar-refractivity contribution in [1.29, 1.82) is 0 Å². The number of hydrogen-bond donors (Lipinski definition) is 2. The molecule has 0 aromatic carbocycles. The number of hydrogen-bond acceptors (Lipinski definition) is 3. The maximum Gasteiger partial charge on any atom is 0.191 e. The number of guanidine groups is 1. The fraction of sp³-hybridized carbons (Fsp3) is 0.706. The van der Waals surface area contributed by atoms with Gasteiger partial charge in [-0.3, -0.25) is 9.89 Å². The Labute approximate surface area is 162 Å². The fourth-order valence-electron chi connectivity index (χ4n) is 2.64. The van der Waals surface area contributed by atoms with Gasteiger partial charge in [0.05, 0.1) is 12.6 Å². The molecule has 132 valence electrons. The second-order valence-corrected chi connectivity index (χ2v) is 6.62. The standard InChI is InChI=1S/C17H30N4S.HI/c1-4-18-17(19-11-14-7-8-14)20-12-16(21(5-2)6-3)15-9-10-22-13-15;/h9-10,13-14,16H,4-8,11-12H2,1-3H3,(H2,18,19,20);1H. The third-order valence-corrected chi connectivity index (χ3v) is 4.90. The summed E-state index contributed by atoms with van der Waals surface area (Å²) in [4.78, 5) is 7.33. The number of likely N-dealkylation sites (N-methyl/N-ethyl adjacent to an activating group) is 1. The molecule has 4 nitrogen and oxygen atoms in total. The van der Waals surface area contributed by atoms with Crippen LogP contribution in [0.25, 0.3) is 0 Å². The molecular formula is C17H31IN4S. The Morgan fingerprint density at radius 2 is 2.04 bits per heavy atom. The largest absolute Gasteiger partial charge is 0.357 e. The van der Waals surface area contributed by atoms with Gasteiger partial charge in [-0.25, -0.2) is 0 Å². The van der Waals surface area contributed by atoms with Crippen molar-refractivity contribution >= 4 is 41.3 Å². The molecule has 1 aromatic rings. The number of nitrogens with one attached hydrogen (secondary N) is 2. The van der Waals surface area contributed by atoms with Crippen LogP contribution in [-0.2, 0) is 0 Å². The maximum absolute atomic E-state index is 4.84. The van der Waals surface area contributed by atoms with Crippen LogP contribution in [0, 0.1) is 5.92 Å². The van der Waals surface area contributed by atoms with Crippen LogP contribution in [0.15, 0.2) is 21.8 Å². The van der Waals surface area contributed by atoms with Crippen molar-refractivity contribution in [3.8, 4) is 0 Å². The van der Waals surface area contributed by atoms with E-state index in [1.54, 1.807) is 11.3 Å². The van der Waals surface area contributed by atoms with Crippen LogP contribution in [-0.4, -0.2) is 43.6 Å². The van der Waals surface area contributed by atoms with E-state index in [1.807, 2.05) is 0 Å². The Kier molecular flexibility index (Phi) is 10.1. The molecule has 2 N–H and O–H groups in total. The van der Waals surface area contributed by atoms with E-state index in [0.29, 0.717) is 6.04 Å². The molecule has 1 aromatic heterocycles. The van der Waals surface area contributed by atoms with E-state index in [-0.39, 0.29) is 24.0 Å². The zero-order valence-corrected chi connectivity index (χ0v) is 17.7. The highest BCUT2D eigenvalue weighted by Gasteiger charge is 2.22. The third-order valence-electron chi connectivity index (χ3n) is 4.20. The van der Waals surface area contributed by atoms with Crippen molar-refractivity contribution in [2.45, 2.75) is 39.7 Å². The van der Waals surface area contributed by atoms with Crippen LogP contribution >= 0.6 is 35.3 Å². The van der Waals surface area contributed by atoms with Gasteiger partial charge in [-0.1, -0.05) is 13.8 Å². The van der Waals surface area contributed by atoms with Gasteiger partial charge in [-0.2, -0.15) is 11.3 Å². The van der Waals surface area contributed by atoms with Crippen molar-refractivity contribution in [3.63, 3.8) is 0 Å². The van der Waals surface area contributed by atoms with E-state index in [2.05, 4.69) is 53.1 Å². The number of thiophene rings is 1. The van der Waals surface area contributed by atoms with Gasteiger partial charge in [0.1, 0.15) is 0 Å². The maximum atomic E-state index is 4.84. The molecule has 0 aliphatic heterocycles. The highest BCUT2D eigenvalue weighted by molar-refractivity contribution is 14.0. The van der Waals surface area contributed by atoms with E-state index < -0.39 is 0 Å². The summed E-state index contributed by atoms with van der Waals surface area (Å²) in [6.07, 6.45) is 2.73. The summed E-state index contributed by atoms with van der Waals surface area (Å²) < 4.78 is 0. The zero-order valence-electron chi connectivity index (χ0n) is 14.5. The van der Waals surface area contributed by atoms with E-state index in [1.165, 1.54) is 18.4 Å². The second-order valence-electron chi connectivity index (χ2n) is 5.84. The van der Waals surface area contributed by atoms with Crippen LogP contribution in [0.1, 0.15) is 45.2 Å². The number of rotatable bonds is 9. The molecule has 1 fully saturated rings. The Hall–Kier alpha value is -0.340. The predicted molar refractivity (Wildman–Crippen MR) is 112 cm³/mol. The molecule has 1 atom stereocenters. The average Bonchev–Trinajstić information content (AvgIpc) is 3.21. The SMILES string of the molecule is CCNC(=NCC(c1ccsc1)N(CC)CC)NCC1CC1.I. The van der Waals surface area contributed by atoms with Crippen molar-refractivity contribution < 1.29 is 0 Å². The van der Waals surface area contributed by atoms with Gasteiger partial charge in [-0.15, -0.1) is 24.0 Å². The molecule has 23 heavy (non-hydrogen) atoms. The minimum absolute atomic E-state index is 0. The Bertz CT molecular complexity index is 441. The summed E-state index contributed by atoms with van der Waals surface area (Å²) in [5, 5.41) is 11.3. The minimum Gasteiger partial charge on any atom is -0.357 e. The lowest BCUT2D eigenvalue weighted by molar-refractivity contribution is 0.224. The molecule has 2 rings (SSSR count). The van der Waals surface area contributed by atoms with Gasteiger partial charge >= 0.3 is 0 Å². The monoisotopic (exact) mass is 450 g/mol. The first kappa shape index (κ1) is 20.7. The third kappa shape index (κ3) is 6.97. The molecule has 0 bridgehead atoms. The summed E-state index contributed by atoms with van der Waals surface area (Å²) in [6.45, 7) is 11.4. The Morgan fingerprint density at radius 3 is 2.57 bits per heavy atom. The summed E-state index contributed by atoms with van der Waals surface area (Å²) in [5.41, 5.74) is 1.38. The highest BCUT2D eigenvalue weighted by Crippen LogP contribution is 2.27. The molecule has 0 spiro atoms. The highest BCUT2D eigenvalue weighted by atomic mass is 127. The zero-order chi connectivity index (χ0) is 15.8. The summed E-state index contributed by atoms with van der Waals surface area (Å²) in [6, 6.07) is 2.60. The predicted octanol–water partition coefficient (Wildman–Crippen LogP) is 3.71. The van der Waals surface area contributed by atoms with Crippen LogP contribution in [0.2, 0.25) is 0 Å². The molecule has 1 heterocycles. The van der Waals surface area contributed by atoms with Gasteiger partial charge in [0.2, 0.25) is 0 Å². The van der Waals surface area contributed by atoms with Gasteiger partial charge in [0, 0.05) is 13.1 Å². The molecular weight excluding hydrogens is 419 g/mol. The lowest BCUT2D eigenvalue weighted by Gasteiger charge is -2.28. The van der Waals surface area contributed by atoms with Gasteiger partial charge in [0.25, 0.3) is 0 Å². The summed E-state index contributed by atoms with van der Waals surface area (Å²) >= 11 is 1.77.